The third-order valence-electron chi connectivity index (χ3n) is 2.56. The summed E-state index contributed by atoms with van der Waals surface area (Å²) in [5.41, 5.74) is 0.673. The Hall–Kier alpha value is -1.91. The van der Waals surface area contributed by atoms with Crippen LogP contribution in [0.3, 0.4) is 0 Å². The zero-order valence-electron chi connectivity index (χ0n) is 10.1. The molecule has 2 rings (SSSR count). The summed E-state index contributed by atoms with van der Waals surface area (Å²) in [5, 5.41) is 18.7. The van der Waals surface area contributed by atoms with Gasteiger partial charge in [-0.1, -0.05) is 35.3 Å². The number of carboxylic acids is 1. The molecule has 0 unspecified atom stereocenters. The van der Waals surface area contributed by atoms with E-state index in [1.165, 1.54) is 24.3 Å². The number of aromatic hydroxyl groups is 1. The molecule has 0 aliphatic rings. The first-order chi connectivity index (χ1) is 9.47. The molecule has 2 aromatic carbocycles. The molecule has 0 spiro atoms. The van der Waals surface area contributed by atoms with Crippen LogP contribution >= 0.6 is 23.2 Å². The molecule has 0 saturated heterocycles. The second-order valence-corrected chi connectivity index (χ2v) is 4.87. The Labute approximate surface area is 125 Å². The van der Waals surface area contributed by atoms with Crippen LogP contribution in [-0.2, 0) is 6.61 Å². The highest BCUT2D eigenvalue weighted by Gasteiger charge is 2.16. The van der Waals surface area contributed by atoms with Crippen LogP contribution in [-0.4, -0.2) is 16.2 Å². The first-order valence-corrected chi connectivity index (χ1v) is 6.36. The van der Waals surface area contributed by atoms with Crippen LogP contribution in [0.5, 0.6) is 11.5 Å². The second kappa shape index (κ2) is 6.03. The van der Waals surface area contributed by atoms with Crippen LogP contribution in [0.25, 0.3) is 0 Å². The Kier molecular flexibility index (Phi) is 4.37. The van der Waals surface area contributed by atoms with Crippen molar-refractivity contribution in [2.45, 2.75) is 6.61 Å². The maximum Gasteiger partial charge on any atom is 0.339 e. The van der Waals surface area contributed by atoms with Crippen LogP contribution in [0.1, 0.15) is 15.9 Å². The Morgan fingerprint density at radius 1 is 1.15 bits per heavy atom. The molecule has 0 aliphatic carbocycles. The third-order valence-corrected chi connectivity index (χ3v) is 3.06. The summed E-state index contributed by atoms with van der Waals surface area (Å²) in [6, 6.07) is 9.06. The number of rotatable bonds is 4. The maximum atomic E-state index is 11.2. The first-order valence-electron chi connectivity index (χ1n) is 5.60. The lowest BCUT2D eigenvalue weighted by atomic mass is 10.2. The molecule has 2 N–H and O–H groups in total. The van der Waals surface area contributed by atoms with Crippen molar-refractivity contribution in [2.75, 3.05) is 0 Å². The van der Waals surface area contributed by atoms with E-state index in [1.54, 1.807) is 12.1 Å². The lowest BCUT2D eigenvalue weighted by Gasteiger charge is -2.11. The van der Waals surface area contributed by atoms with Gasteiger partial charge in [0.25, 0.3) is 0 Å². The third kappa shape index (κ3) is 3.35. The van der Waals surface area contributed by atoms with Crippen molar-refractivity contribution >= 4 is 29.2 Å². The molecule has 0 amide bonds. The average Bonchev–Trinajstić information content (AvgIpc) is 2.38. The summed E-state index contributed by atoms with van der Waals surface area (Å²) < 4.78 is 5.46. The van der Waals surface area contributed by atoms with Gasteiger partial charge in [-0.15, -0.1) is 0 Å². The van der Waals surface area contributed by atoms with Gasteiger partial charge in [-0.3, -0.25) is 0 Å². The van der Waals surface area contributed by atoms with Crippen molar-refractivity contribution in [1.29, 1.82) is 0 Å². The fourth-order valence-electron chi connectivity index (χ4n) is 1.61. The SMILES string of the molecule is O=C(O)c1cc(Cl)cc(Cl)c1OCc1ccc(O)cc1. The number of benzene rings is 2. The number of phenolic OH excluding ortho intramolecular Hbond substituents is 1. The van der Waals surface area contributed by atoms with Gasteiger partial charge in [-0.25, -0.2) is 4.79 Å². The summed E-state index contributed by atoms with van der Waals surface area (Å²) in [5.74, 6) is -0.962. The monoisotopic (exact) mass is 312 g/mol. The van der Waals surface area contributed by atoms with E-state index in [-0.39, 0.29) is 33.7 Å². The van der Waals surface area contributed by atoms with Gasteiger partial charge in [-0.05, 0) is 29.8 Å². The number of halogens is 2. The van der Waals surface area contributed by atoms with Crippen molar-refractivity contribution in [3.05, 3.63) is 57.6 Å². The van der Waals surface area contributed by atoms with Crippen LogP contribution in [0.15, 0.2) is 36.4 Å². The van der Waals surface area contributed by atoms with Gasteiger partial charge in [0.1, 0.15) is 17.9 Å². The lowest BCUT2D eigenvalue weighted by molar-refractivity contribution is 0.0691. The maximum absolute atomic E-state index is 11.2. The topological polar surface area (TPSA) is 66.8 Å². The quantitative estimate of drug-likeness (QED) is 0.896. The van der Waals surface area contributed by atoms with Gasteiger partial charge in [0.2, 0.25) is 0 Å². The predicted molar refractivity (Wildman–Crippen MR) is 75.9 cm³/mol. The molecule has 2 aromatic rings. The molecule has 0 aliphatic heterocycles. The molecular formula is C14H10Cl2O4. The number of phenols is 1. The molecular weight excluding hydrogens is 303 g/mol. The van der Waals surface area contributed by atoms with E-state index in [4.69, 9.17) is 33.0 Å². The standard InChI is InChI=1S/C14H10Cl2O4/c15-9-5-11(14(18)19)13(12(16)6-9)20-7-8-1-3-10(17)4-2-8/h1-6,17H,7H2,(H,18,19). The molecule has 104 valence electrons. The van der Waals surface area contributed by atoms with E-state index in [1.807, 2.05) is 0 Å². The van der Waals surface area contributed by atoms with Crippen molar-refractivity contribution in [3.8, 4) is 11.5 Å². The average molecular weight is 313 g/mol. The van der Waals surface area contributed by atoms with Crippen molar-refractivity contribution in [2.24, 2.45) is 0 Å². The molecule has 20 heavy (non-hydrogen) atoms. The van der Waals surface area contributed by atoms with E-state index in [9.17, 15) is 9.90 Å². The van der Waals surface area contributed by atoms with Crippen LogP contribution in [0.2, 0.25) is 10.0 Å². The minimum Gasteiger partial charge on any atom is -0.508 e. The summed E-state index contributed by atoms with van der Waals surface area (Å²) in [4.78, 5) is 11.2. The summed E-state index contributed by atoms with van der Waals surface area (Å²) in [6.07, 6.45) is 0. The number of carbonyl (C=O) groups is 1. The Morgan fingerprint density at radius 2 is 1.80 bits per heavy atom. The smallest absolute Gasteiger partial charge is 0.339 e. The van der Waals surface area contributed by atoms with Gasteiger partial charge >= 0.3 is 5.97 Å². The first kappa shape index (κ1) is 14.5. The van der Waals surface area contributed by atoms with Gasteiger partial charge in [-0.2, -0.15) is 0 Å². The minimum atomic E-state index is -1.17. The molecule has 6 heteroatoms. The van der Waals surface area contributed by atoms with Gasteiger partial charge < -0.3 is 14.9 Å². The Balaban J connectivity index is 2.24. The number of hydrogen-bond donors (Lipinski definition) is 2. The fraction of sp³-hybridized carbons (Fsp3) is 0.0714. The number of ether oxygens (including phenoxy) is 1. The van der Waals surface area contributed by atoms with Crippen molar-refractivity contribution in [1.82, 2.24) is 0 Å². The second-order valence-electron chi connectivity index (χ2n) is 4.02. The molecule has 0 saturated carbocycles. The Bertz CT molecular complexity index is 638. The Morgan fingerprint density at radius 3 is 2.40 bits per heavy atom. The van der Waals surface area contributed by atoms with E-state index < -0.39 is 5.97 Å². The van der Waals surface area contributed by atoms with Gasteiger partial charge in [0.05, 0.1) is 5.02 Å². The highest BCUT2D eigenvalue weighted by atomic mass is 35.5. The summed E-state index contributed by atoms with van der Waals surface area (Å²) in [7, 11) is 0. The molecule has 0 radical (unpaired) electrons. The van der Waals surface area contributed by atoms with Crippen molar-refractivity contribution < 1.29 is 19.7 Å². The van der Waals surface area contributed by atoms with Crippen LogP contribution in [0, 0.1) is 0 Å². The predicted octanol–water partition coefficient (Wildman–Crippen LogP) is 3.98. The minimum absolute atomic E-state index is 0.0663. The summed E-state index contributed by atoms with van der Waals surface area (Å²) in [6.45, 7) is 0.127. The normalized spacial score (nSPS) is 10.3. The zero-order chi connectivity index (χ0) is 14.7. The largest absolute Gasteiger partial charge is 0.508 e. The van der Waals surface area contributed by atoms with Crippen LogP contribution < -0.4 is 4.74 Å². The highest BCUT2D eigenvalue weighted by molar-refractivity contribution is 6.36. The molecule has 0 heterocycles. The van der Waals surface area contributed by atoms with E-state index >= 15 is 0 Å². The number of hydrogen-bond acceptors (Lipinski definition) is 3. The highest BCUT2D eigenvalue weighted by Crippen LogP contribution is 2.33. The fourth-order valence-corrected chi connectivity index (χ4v) is 2.16. The van der Waals surface area contributed by atoms with Crippen molar-refractivity contribution in [3.63, 3.8) is 0 Å². The lowest BCUT2D eigenvalue weighted by Crippen LogP contribution is -2.04. The molecule has 4 nitrogen and oxygen atoms in total. The molecule has 0 fully saturated rings. The van der Waals surface area contributed by atoms with E-state index in [2.05, 4.69) is 0 Å². The van der Waals surface area contributed by atoms with E-state index in [0.29, 0.717) is 0 Å². The van der Waals surface area contributed by atoms with Gasteiger partial charge in [0, 0.05) is 5.02 Å². The van der Waals surface area contributed by atoms with E-state index in [0.717, 1.165) is 5.56 Å². The summed E-state index contributed by atoms with van der Waals surface area (Å²) >= 11 is 11.7. The van der Waals surface area contributed by atoms with Crippen LogP contribution in [0.4, 0.5) is 0 Å². The van der Waals surface area contributed by atoms with Gasteiger partial charge in [0.15, 0.2) is 5.75 Å². The molecule has 0 aromatic heterocycles. The zero-order valence-corrected chi connectivity index (χ0v) is 11.6. The molecule has 0 bridgehead atoms. The number of carboxylic acid groups (broad SMARTS) is 1. The number of aromatic carboxylic acids is 1. The molecule has 0 atom stereocenters.